The lowest BCUT2D eigenvalue weighted by atomic mass is 9.33. The van der Waals surface area contributed by atoms with Crippen molar-refractivity contribution in [1.29, 1.82) is 0 Å². The Kier molecular flexibility index (Phi) is 11.2. The van der Waals surface area contributed by atoms with E-state index < -0.39 is 8.07 Å². The molecular formula is C72H70BN3OSi. The van der Waals surface area contributed by atoms with Crippen molar-refractivity contribution in [2.24, 2.45) is 0 Å². The average Bonchev–Trinajstić information content (AvgIpc) is 3.89. The lowest BCUT2D eigenvalue weighted by Crippen LogP contribution is -2.77. The molecule has 0 atom stereocenters. The third kappa shape index (κ3) is 7.68. The van der Waals surface area contributed by atoms with Crippen LogP contribution in [-0.4, -0.2) is 14.8 Å². The van der Waals surface area contributed by atoms with E-state index in [1.165, 1.54) is 76.5 Å². The second-order valence-electron chi connectivity index (χ2n) is 26.3. The fraction of sp³-hybridized carbons (Fsp3) is 0.222. The first kappa shape index (κ1) is 49.8. The summed E-state index contributed by atoms with van der Waals surface area (Å²) < 4.78 is 7.47. The zero-order chi connectivity index (χ0) is 54.3. The van der Waals surface area contributed by atoms with Crippen molar-refractivity contribution in [3.8, 4) is 0 Å². The number of para-hydroxylation sites is 2. The molecule has 0 radical (unpaired) electrons. The largest absolute Gasteiger partial charge is 0.440 e. The van der Waals surface area contributed by atoms with Gasteiger partial charge in [0.25, 0.3) is 6.71 Å². The molecule has 0 N–H and O–H groups in total. The maximum Gasteiger partial charge on any atom is 0.257 e. The molecule has 9 aromatic carbocycles. The molecule has 0 unspecified atom stereocenters. The van der Waals surface area contributed by atoms with Crippen LogP contribution in [0.15, 0.2) is 211 Å². The zero-order valence-electron chi connectivity index (χ0n) is 47.5. The van der Waals surface area contributed by atoms with Gasteiger partial charge in [-0.1, -0.05) is 223 Å². The molecule has 4 nitrogen and oxygen atoms in total. The molecule has 386 valence electrons. The molecule has 13 rings (SSSR count). The Balaban J connectivity index is 1.17. The van der Waals surface area contributed by atoms with Crippen LogP contribution in [0.4, 0.5) is 51.4 Å². The molecule has 1 aromatic heterocycles. The van der Waals surface area contributed by atoms with E-state index in [-0.39, 0.29) is 28.4 Å². The highest BCUT2D eigenvalue weighted by Gasteiger charge is 2.51. The first-order valence-corrected chi connectivity index (χ1v) is 30.0. The number of hydrogen-bond acceptors (Lipinski definition) is 4. The van der Waals surface area contributed by atoms with Crippen molar-refractivity contribution >= 4 is 114 Å². The highest BCUT2D eigenvalue weighted by molar-refractivity contribution is 7.21. The summed E-state index contributed by atoms with van der Waals surface area (Å²) in [5.74, 6) is 0.870. The summed E-state index contributed by atoms with van der Waals surface area (Å²) in [6, 6.07) is 79.1. The molecule has 6 heteroatoms. The van der Waals surface area contributed by atoms with Crippen molar-refractivity contribution in [2.45, 2.75) is 105 Å². The van der Waals surface area contributed by atoms with Gasteiger partial charge in [0.05, 0.1) is 5.69 Å². The Bertz CT molecular complexity index is 3870. The predicted molar refractivity (Wildman–Crippen MR) is 337 cm³/mol. The summed E-state index contributed by atoms with van der Waals surface area (Å²) in [6.07, 6.45) is 0. The van der Waals surface area contributed by atoms with Gasteiger partial charge in [-0.25, -0.2) is 0 Å². The van der Waals surface area contributed by atoms with Crippen LogP contribution in [0.1, 0.15) is 105 Å². The van der Waals surface area contributed by atoms with Crippen LogP contribution in [0.5, 0.6) is 0 Å². The van der Waals surface area contributed by atoms with Gasteiger partial charge in [0.1, 0.15) is 5.58 Å². The highest BCUT2D eigenvalue weighted by Crippen LogP contribution is 2.51. The Labute approximate surface area is 464 Å². The van der Waals surface area contributed by atoms with Crippen molar-refractivity contribution in [1.82, 2.24) is 0 Å². The molecular weight excluding hydrogens is 962 g/mol. The van der Waals surface area contributed by atoms with Crippen molar-refractivity contribution in [2.75, 3.05) is 14.7 Å². The van der Waals surface area contributed by atoms with E-state index in [0.29, 0.717) is 0 Å². The molecule has 78 heavy (non-hydrogen) atoms. The standard InChI is InChI=1S/C72H70BN3OSi/c1-69(2,3)47-31-37-51(38-32-47)74-58-41-35-50(72(10,11)12)44-57(58)73-66-56-43-49(71(7,8)9)36-42-63(56)77-68(66)76(52-39-33-48(34-40-52)70(4,5)6)62-46-53(45-61(74)67(62)73)75-59-27-19-21-29-64(59)78(54-23-15-13-16-24-54,55-25-17-14-18-26-55)65-30-22-20-28-60(65)75/h13-46H,1-12H3. The minimum atomic E-state index is -2.91. The van der Waals surface area contributed by atoms with Crippen LogP contribution in [-0.2, 0) is 21.7 Å². The Morgan fingerprint density at radius 1 is 0.346 bits per heavy atom. The minimum Gasteiger partial charge on any atom is -0.440 e. The summed E-state index contributed by atoms with van der Waals surface area (Å²) in [5.41, 5.74) is 18.8. The molecule has 3 aliphatic rings. The fourth-order valence-corrected chi connectivity index (χ4v) is 18.1. The van der Waals surface area contributed by atoms with E-state index in [9.17, 15) is 0 Å². The number of benzene rings is 9. The molecule has 0 aliphatic carbocycles. The van der Waals surface area contributed by atoms with Gasteiger partial charge in [0, 0.05) is 50.7 Å². The average molecular weight is 1030 g/mol. The zero-order valence-corrected chi connectivity index (χ0v) is 48.5. The van der Waals surface area contributed by atoms with Gasteiger partial charge >= 0.3 is 0 Å². The fourth-order valence-electron chi connectivity index (χ4n) is 13.0. The van der Waals surface area contributed by atoms with Gasteiger partial charge in [-0.15, -0.1) is 0 Å². The van der Waals surface area contributed by atoms with E-state index in [0.717, 1.165) is 45.3 Å². The molecule has 4 heterocycles. The monoisotopic (exact) mass is 1030 g/mol. The van der Waals surface area contributed by atoms with Gasteiger partial charge in [-0.3, -0.25) is 4.90 Å². The normalized spacial score (nSPS) is 14.7. The molecule has 3 aliphatic heterocycles. The van der Waals surface area contributed by atoms with E-state index >= 15 is 0 Å². The molecule has 0 spiro atoms. The van der Waals surface area contributed by atoms with E-state index in [1.807, 2.05) is 0 Å². The van der Waals surface area contributed by atoms with Crippen molar-refractivity contribution < 1.29 is 4.42 Å². The number of anilines is 9. The van der Waals surface area contributed by atoms with Crippen LogP contribution in [0, 0.1) is 0 Å². The van der Waals surface area contributed by atoms with Gasteiger partial charge in [-0.2, -0.15) is 0 Å². The Morgan fingerprint density at radius 2 is 0.769 bits per heavy atom. The Morgan fingerprint density at radius 3 is 1.28 bits per heavy atom. The molecule has 10 aromatic rings. The quantitative estimate of drug-likeness (QED) is 0.160. The summed E-state index contributed by atoms with van der Waals surface area (Å²) in [6.45, 7) is 27.6. The van der Waals surface area contributed by atoms with E-state index in [2.05, 4.69) is 304 Å². The number of hydrogen-bond donors (Lipinski definition) is 0. The third-order valence-electron chi connectivity index (χ3n) is 17.2. The van der Waals surface area contributed by atoms with Gasteiger partial charge in [0.2, 0.25) is 5.88 Å². The molecule has 0 saturated carbocycles. The summed E-state index contributed by atoms with van der Waals surface area (Å²) in [7, 11) is -2.91. The van der Waals surface area contributed by atoms with Crippen LogP contribution in [0.3, 0.4) is 0 Å². The van der Waals surface area contributed by atoms with Crippen LogP contribution in [0.25, 0.3) is 11.0 Å². The Hall–Kier alpha value is -7.80. The van der Waals surface area contributed by atoms with Gasteiger partial charge in [0.15, 0.2) is 8.07 Å². The number of nitrogens with zero attached hydrogens (tertiary/aromatic N) is 3. The molecule has 0 saturated heterocycles. The first-order chi connectivity index (χ1) is 37.2. The maximum atomic E-state index is 7.47. The van der Waals surface area contributed by atoms with Gasteiger partial charge in [-0.05, 0) is 142 Å². The second kappa shape index (κ2) is 17.6. The van der Waals surface area contributed by atoms with Crippen LogP contribution < -0.4 is 51.8 Å². The lowest BCUT2D eigenvalue weighted by Gasteiger charge is -2.46. The number of rotatable bonds is 5. The van der Waals surface area contributed by atoms with Crippen molar-refractivity contribution in [3.63, 3.8) is 0 Å². The topological polar surface area (TPSA) is 22.9 Å². The highest BCUT2D eigenvalue weighted by atomic mass is 28.3. The van der Waals surface area contributed by atoms with Crippen molar-refractivity contribution in [3.05, 3.63) is 229 Å². The third-order valence-corrected chi connectivity index (χ3v) is 22.0. The second-order valence-corrected chi connectivity index (χ2v) is 30.0. The van der Waals surface area contributed by atoms with Crippen LogP contribution in [0.2, 0.25) is 0 Å². The smallest absolute Gasteiger partial charge is 0.257 e. The van der Waals surface area contributed by atoms with Gasteiger partial charge < -0.3 is 14.2 Å². The molecule has 0 fully saturated rings. The number of furan rings is 1. The first-order valence-electron chi connectivity index (χ1n) is 28.0. The summed E-state index contributed by atoms with van der Waals surface area (Å²) in [5, 5.41) is 6.63. The van der Waals surface area contributed by atoms with Crippen LogP contribution >= 0.6 is 0 Å². The maximum absolute atomic E-state index is 7.47. The van der Waals surface area contributed by atoms with E-state index in [4.69, 9.17) is 4.42 Å². The lowest BCUT2D eigenvalue weighted by molar-refractivity contribution is 0.589. The predicted octanol–water partition coefficient (Wildman–Crippen LogP) is 14.9. The summed E-state index contributed by atoms with van der Waals surface area (Å²) in [4.78, 5) is 7.62. The summed E-state index contributed by atoms with van der Waals surface area (Å²) >= 11 is 0. The minimum absolute atomic E-state index is 0.00904. The molecule has 0 bridgehead atoms. The SMILES string of the molecule is CC(C)(C)c1ccc(N2c3ccc(C(C)(C)C)cc3B3c4c2cc(N2c5ccccc5[Si](c5ccccc5)(c5ccccc5)c5ccccc52)cc4N(c2ccc(C(C)(C)C)cc2)c2oc4ccc(C(C)(C)C)cc4c23)cc1. The van der Waals surface area contributed by atoms with E-state index in [1.54, 1.807) is 0 Å². The number of fused-ring (bicyclic) bond motifs is 8. The molecule has 0 amide bonds.